The van der Waals surface area contributed by atoms with Gasteiger partial charge in [0.2, 0.25) is 0 Å². The standard InChI is InChI=1S/C10H22BN/c1-6(2)9-7(3)5-12-10(11)8(9)4/h6-10,12H,5,11H2,1-4H3. The summed E-state index contributed by atoms with van der Waals surface area (Å²) in [4.78, 5) is 0. The van der Waals surface area contributed by atoms with Gasteiger partial charge in [0.05, 0.1) is 0 Å². The van der Waals surface area contributed by atoms with Gasteiger partial charge in [0.25, 0.3) is 0 Å². The van der Waals surface area contributed by atoms with Gasteiger partial charge in [-0.25, -0.2) is 0 Å². The largest absolute Gasteiger partial charge is 0.321 e. The Morgan fingerprint density at radius 1 is 1.33 bits per heavy atom. The monoisotopic (exact) mass is 167 g/mol. The van der Waals surface area contributed by atoms with Crippen molar-refractivity contribution in [1.82, 2.24) is 5.32 Å². The fourth-order valence-corrected chi connectivity index (χ4v) is 2.81. The Morgan fingerprint density at radius 3 is 2.33 bits per heavy atom. The fraction of sp³-hybridized carbons (Fsp3) is 1.00. The third-order valence-corrected chi connectivity index (χ3v) is 3.58. The molecule has 0 aliphatic carbocycles. The van der Waals surface area contributed by atoms with Crippen LogP contribution in [0, 0.1) is 23.7 Å². The average molecular weight is 167 g/mol. The van der Waals surface area contributed by atoms with Crippen molar-refractivity contribution in [3.8, 4) is 0 Å². The Kier molecular flexibility index (Phi) is 3.22. The van der Waals surface area contributed by atoms with Gasteiger partial charge in [-0.1, -0.05) is 27.7 Å². The summed E-state index contributed by atoms with van der Waals surface area (Å²) < 4.78 is 0. The van der Waals surface area contributed by atoms with E-state index in [1.165, 1.54) is 6.54 Å². The molecule has 0 radical (unpaired) electrons. The normalized spacial score (nSPS) is 43.4. The van der Waals surface area contributed by atoms with Crippen LogP contribution in [0.2, 0.25) is 0 Å². The van der Waals surface area contributed by atoms with E-state index in [4.69, 9.17) is 0 Å². The lowest BCUT2D eigenvalue weighted by atomic mass is 9.66. The van der Waals surface area contributed by atoms with E-state index in [-0.39, 0.29) is 0 Å². The molecule has 0 saturated carbocycles. The molecule has 1 heterocycles. The van der Waals surface area contributed by atoms with Crippen molar-refractivity contribution in [3.63, 3.8) is 0 Å². The molecule has 0 aromatic heterocycles. The van der Waals surface area contributed by atoms with Crippen molar-refractivity contribution < 1.29 is 0 Å². The molecule has 12 heavy (non-hydrogen) atoms. The Labute approximate surface area is 77.7 Å². The summed E-state index contributed by atoms with van der Waals surface area (Å²) in [6.07, 6.45) is 0. The van der Waals surface area contributed by atoms with Gasteiger partial charge in [0, 0.05) is 0 Å². The molecule has 1 N–H and O–H groups in total. The topological polar surface area (TPSA) is 12.0 Å². The molecule has 0 amide bonds. The number of nitrogens with one attached hydrogen (secondary N) is 1. The van der Waals surface area contributed by atoms with E-state index in [1.54, 1.807) is 0 Å². The maximum absolute atomic E-state index is 3.57. The highest BCUT2D eigenvalue weighted by Crippen LogP contribution is 2.32. The zero-order valence-electron chi connectivity index (χ0n) is 9.09. The Hall–Kier alpha value is 0.0249. The molecule has 1 fully saturated rings. The summed E-state index contributed by atoms with van der Waals surface area (Å²) in [6, 6.07) is 0. The summed E-state index contributed by atoms with van der Waals surface area (Å²) in [7, 11) is 2.31. The van der Waals surface area contributed by atoms with Gasteiger partial charge in [0.15, 0.2) is 0 Å². The van der Waals surface area contributed by atoms with Gasteiger partial charge < -0.3 is 5.32 Å². The summed E-state index contributed by atoms with van der Waals surface area (Å²) in [5, 5.41) is 3.57. The molecule has 1 aliphatic heterocycles. The van der Waals surface area contributed by atoms with Gasteiger partial charge in [-0.2, -0.15) is 0 Å². The molecule has 0 aromatic carbocycles. The highest BCUT2D eigenvalue weighted by Gasteiger charge is 2.33. The molecule has 0 bridgehead atoms. The first-order valence-electron chi connectivity index (χ1n) is 5.27. The number of hydrogen-bond donors (Lipinski definition) is 1. The molecule has 4 unspecified atom stereocenters. The van der Waals surface area contributed by atoms with Gasteiger partial charge in [-0.3, -0.25) is 0 Å². The van der Waals surface area contributed by atoms with E-state index in [0.29, 0.717) is 5.94 Å². The Morgan fingerprint density at radius 2 is 1.92 bits per heavy atom. The van der Waals surface area contributed by atoms with Crippen LogP contribution in [-0.4, -0.2) is 20.3 Å². The van der Waals surface area contributed by atoms with Gasteiger partial charge in [0.1, 0.15) is 7.85 Å². The minimum atomic E-state index is 0.702. The first kappa shape index (κ1) is 10.1. The van der Waals surface area contributed by atoms with Crippen LogP contribution in [0.5, 0.6) is 0 Å². The van der Waals surface area contributed by atoms with E-state index >= 15 is 0 Å². The molecule has 1 nitrogen and oxygen atoms in total. The highest BCUT2D eigenvalue weighted by atomic mass is 14.9. The second-order valence-corrected chi connectivity index (χ2v) is 4.85. The Balaban J connectivity index is 2.65. The van der Waals surface area contributed by atoms with Gasteiger partial charge >= 0.3 is 0 Å². The molecule has 4 atom stereocenters. The predicted molar refractivity (Wildman–Crippen MR) is 57.0 cm³/mol. The maximum atomic E-state index is 3.57. The van der Waals surface area contributed by atoms with E-state index in [9.17, 15) is 0 Å². The van der Waals surface area contributed by atoms with Crippen molar-refractivity contribution in [2.45, 2.75) is 33.6 Å². The molecule has 1 saturated heterocycles. The van der Waals surface area contributed by atoms with Crippen LogP contribution in [0.1, 0.15) is 27.7 Å². The summed E-state index contributed by atoms with van der Waals surface area (Å²) >= 11 is 0. The fourth-order valence-electron chi connectivity index (χ4n) is 2.81. The molecule has 1 rings (SSSR count). The minimum Gasteiger partial charge on any atom is -0.321 e. The van der Waals surface area contributed by atoms with Crippen LogP contribution in [0.25, 0.3) is 0 Å². The Bertz CT molecular complexity index is 147. The van der Waals surface area contributed by atoms with E-state index < -0.39 is 0 Å². The SMILES string of the molecule is BC1NCC(C)C(C(C)C)C1C. The summed E-state index contributed by atoms with van der Waals surface area (Å²) in [5.74, 6) is 4.11. The molecule has 1 aliphatic rings. The second kappa shape index (κ2) is 3.82. The van der Waals surface area contributed by atoms with Crippen LogP contribution in [-0.2, 0) is 0 Å². The number of hydrogen-bond acceptors (Lipinski definition) is 1. The predicted octanol–water partition coefficient (Wildman–Crippen LogP) is 1.09. The van der Waals surface area contributed by atoms with Crippen LogP contribution < -0.4 is 5.32 Å². The summed E-state index contributed by atoms with van der Waals surface area (Å²) in [6.45, 7) is 10.7. The van der Waals surface area contributed by atoms with Crippen LogP contribution in [0.15, 0.2) is 0 Å². The van der Waals surface area contributed by atoms with Gasteiger partial charge in [-0.05, 0) is 36.2 Å². The van der Waals surface area contributed by atoms with Crippen molar-refractivity contribution in [1.29, 1.82) is 0 Å². The third kappa shape index (κ3) is 1.85. The minimum absolute atomic E-state index is 0.702. The van der Waals surface area contributed by atoms with Gasteiger partial charge in [-0.15, -0.1) is 0 Å². The first-order chi connectivity index (χ1) is 5.54. The molecule has 70 valence electrons. The zero-order valence-corrected chi connectivity index (χ0v) is 9.09. The van der Waals surface area contributed by atoms with Crippen LogP contribution in [0.3, 0.4) is 0 Å². The molecule has 0 aromatic rings. The van der Waals surface area contributed by atoms with Crippen molar-refractivity contribution in [2.24, 2.45) is 23.7 Å². The second-order valence-electron chi connectivity index (χ2n) is 4.85. The van der Waals surface area contributed by atoms with Crippen LogP contribution in [0.4, 0.5) is 0 Å². The number of piperidine rings is 1. The highest BCUT2D eigenvalue weighted by molar-refractivity contribution is 6.12. The van der Waals surface area contributed by atoms with Crippen molar-refractivity contribution in [2.75, 3.05) is 6.54 Å². The summed E-state index contributed by atoms with van der Waals surface area (Å²) in [5.41, 5.74) is 0. The zero-order chi connectivity index (χ0) is 9.30. The lowest BCUT2D eigenvalue weighted by Crippen LogP contribution is -2.50. The lowest BCUT2D eigenvalue weighted by molar-refractivity contribution is 0.130. The number of rotatable bonds is 1. The maximum Gasteiger partial charge on any atom is 0.123 e. The smallest absolute Gasteiger partial charge is 0.123 e. The van der Waals surface area contributed by atoms with Crippen LogP contribution >= 0.6 is 0 Å². The molecular formula is C10H22BN. The third-order valence-electron chi connectivity index (χ3n) is 3.58. The molecule has 2 heteroatoms. The molecular weight excluding hydrogens is 145 g/mol. The lowest BCUT2D eigenvalue weighted by Gasteiger charge is -2.42. The van der Waals surface area contributed by atoms with Crippen molar-refractivity contribution in [3.05, 3.63) is 0 Å². The van der Waals surface area contributed by atoms with E-state index in [0.717, 1.165) is 23.7 Å². The van der Waals surface area contributed by atoms with Crippen molar-refractivity contribution >= 4 is 7.85 Å². The van der Waals surface area contributed by atoms with E-state index in [2.05, 4.69) is 40.9 Å². The average Bonchev–Trinajstić information content (AvgIpc) is 1.97. The first-order valence-corrected chi connectivity index (χ1v) is 5.27. The quantitative estimate of drug-likeness (QED) is 0.576. The van der Waals surface area contributed by atoms with E-state index in [1.807, 2.05) is 0 Å². The molecule has 0 spiro atoms.